The van der Waals surface area contributed by atoms with E-state index in [2.05, 4.69) is 85.0 Å². The highest BCUT2D eigenvalue weighted by molar-refractivity contribution is 5.94. The maximum Gasteiger partial charge on any atom is 0.251 e. The fourth-order valence-corrected chi connectivity index (χ4v) is 7.82. The van der Waals surface area contributed by atoms with Crippen LogP contribution in [0, 0.1) is 17.2 Å². The smallest absolute Gasteiger partial charge is 0.251 e. The summed E-state index contributed by atoms with van der Waals surface area (Å²) in [6, 6.07) is 15.5. The maximum atomic E-state index is 12.7. The van der Waals surface area contributed by atoms with Crippen LogP contribution in [0.3, 0.4) is 0 Å². The third-order valence-corrected chi connectivity index (χ3v) is 10.4. The second-order valence-electron chi connectivity index (χ2n) is 12.9. The van der Waals surface area contributed by atoms with Crippen LogP contribution in [-0.2, 0) is 18.3 Å². The van der Waals surface area contributed by atoms with Crippen LogP contribution in [-0.4, -0.2) is 69.7 Å². The number of likely N-dealkylation sites (tertiary alicyclic amines) is 1. The van der Waals surface area contributed by atoms with Crippen molar-refractivity contribution in [2.45, 2.75) is 68.0 Å². The molecule has 3 fully saturated rings. The van der Waals surface area contributed by atoms with Crippen LogP contribution in [0.4, 0.5) is 0 Å². The molecule has 7 rings (SSSR count). The number of tetrazole rings is 1. The van der Waals surface area contributed by atoms with Crippen molar-refractivity contribution in [3.8, 4) is 6.07 Å². The van der Waals surface area contributed by atoms with Gasteiger partial charge in [0.25, 0.3) is 5.91 Å². The predicted molar refractivity (Wildman–Crippen MR) is 167 cm³/mol. The average Bonchev–Trinajstić information content (AvgIpc) is 3.90. The van der Waals surface area contributed by atoms with Gasteiger partial charge in [0.2, 0.25) is 0 Å². The largest absolute Gasteiger partial charge is 0.388 e. The van der Waals surface area contributed by atoms with E-state index < -0.39 is 5.41 Å². The van der Waals surface area contributed by atoms with Gasteiger partial charge < -0.3 is 20.9 Å². The highest BCUT2D eigenvalue weighted by Gasteiger charge is 2.55. The number of amides is 1. The van der Waals surface area contributed by atoms with E-state index in [0.29, 0.717) is 29.9 Å². The van der Waals surface area contributed by atoms with E-state index in [1.54, 1.807) is 7.05 Å². The summed E-state index contributed by atoms with van der Waals surface area (Å²) < 4.78 is 0. The molecule has 4 aliphatic rings. The van der Waals surface area contributed by atoms with Crippen LogP contribution in [0.25, 0.3) is 5.70 Å². The molecule has 3 aliphatic carbocycles. The van der Waals surface area contributed by atoms with Gasteiger partial charge in [-0.25, -0.2) is 5.10 Å². The van der Waals surface area contributed by atoms with Crippen LogP contribution < -0.4 is 16.0 Å². The quantitative estimate of drug-likeness (QED) is 0.283. The molecule has 2 unspecified atom stereocenters. The number of benzene rings is 2. The molecule has 2 saturated carbocycles. The Morgan fingerprint density at radius 3 is 2.39 bits per heavy atom. The number of piperidine rings is 1. The number of hydrogen-bond acceptors (Lipinski definition) is 8. The number of fused-ring (bicyclic) bond motifs is 3. The van der Waals surface area contributed by atoms with Crippen LogP contribution >= 0.6 is 0 Å². The molecule has 4 atom stereocenters. The number of nitrogens with zero attached hydrogens (tertiary/aromatic N) is 5. The second kappa shape index (κ2) is 10.6. The lowest BCUT2D eigenvalue weighted by Gasteiger charge is -2.38. The van der Waals surface area contributed by atoms with E-state index in [9.17, 15) is 10.1 Å². The van der Waals surface area contributed by atoms with Crippen LogP contribution in [0.15, 0.2) is 55.3 Å². The molecule has 10 heteroatoms. The molecule has 4 N–H and O–H groups in total. The number of aryl methyl sites for hydroxylation is 2. The van der Waals surface area contributed by atoms with Crippen molar-refractivity contribution in [3.05, 3.63) is 94.5 Å². The lowest BCUT2D eigenvalue weighted by atomic mass is 9.67. The lowest BCUT2D eigenvalue weighted by Crippen LogP contribution is -2.45. The van der Waals surface area contributed by atoms with Crippen molar-refractivity contribution >= 4 is 11.6 Å². The molecule has 226 valence electrons. The van der Waals surface area contributed by atoms with E-state index in [-0.39, 0.29) is 17.5 Å². The Morgan fingerprint density at radius 2 is 1.77 bits per heavy atom. The van der Waals surface area contributed by atoms with Crippen LogP contribution in [0.2, 0.25) is 0 Å². The molecule has 10 nitrogen and oxygen atoms in total. The first kappa shape index (κ1) is 28.3. The molecule has 1 aromatic heterocycles. The monoisotopic (exact) mass is 589 g/mol. The topological polar surface area (TPSA) is 135 Å². The Labute approximate surface area is 258 Å². The van der Waals surface area contributed by atoms with E-state index in [1.165, 1.54) is 5.56 Å². The number of aromatic amines is 1. The van der Waals surface area contributed by atoms with Gasteiger partial charge in [0.05, 0.1) is 11.5 Å². The summed E-state index contributed by atoms with van der Waals surface area (Å²) in [5, 5.41) is 35.5. The number of carbonyl (C=O) groups excluding carboxylic acids is 1. The molecule has 0 radical (unpaired) electrons. The molecule has 2 heterocycles. The van der Waals surface area contributed by atoms with E-state index in [0.717, 1.165) is 78.6 Å². The fourth-order valence-electron chi connectivity index (χ4n) is 7.82. The van der Waals surface area contributed by atoms with Gasteiger partial charge in [0.1, 0.15) is 6.04 Å². The zero-order chi connectivity index (χ0) is 30.6. The third kappa shape index (κ3) is 4.58. The minimum atomic E-state index is -0.694. The Kier molecular flexibility index (Phi) is 6.81. The predicted octanol–water partition coefficient (Wildman–Crippen LogP) is 3.19. The number of H-pyrrole nitrogens is 1. The Bertz CT molecular complexity index is 1620. The van der Waals surface area contributed by atoms with Gasteiger partial charge in [0.15, 0.2) is 5.82 Å². The molecule has 1 aliphatic heterocycles. The highest BCUT2D eigenvalue weighted by atomic mass is 16.1. The molecule has 44 heavy (non-hydrogen) atoms. The normalized spacial score (nSPS) is 25.5. The summed E-state index contributed by atoms with van der Waals surface area (Å²) in [7, 11) is 3.54. The Morgan fingerprint density at radius 1 is 1.07 bits per heavy atom. The number of hydrogen-bond donors (Lipinski definition) is 4. The molecule has 2 aromatic carbocycles. The first-order valence-corrected chi connectivity index (χ1v) is 15.5. The van der Waals surface area contributed by atoms with Crippen LogP contribution in [0.5, 0.6) is 0 Å². The van der Waals surface area contributed by atoms with Crippen molar-refractivity contribution in [1.29, 1.82) is 5.26 Å². The summed E-state index contributed by atoms with van der Waals surface area (Å²) >= 11 is 0. The van der Waals surface area contributed by atoms with Gasteiger partial charge in [-0.15, -0.1) is 5.10 Å². The summed E-state index contributed by atoms with van der Waals surface area (Å²) in [4.78, 5) is 15.0. The van der Waals surface area contributed by atoms with Crippen molar-refractivity contribution in [3.63, 3.8) is 0 Å². The van der Waals surface area contributed by atoms with Gasteiger partial charge in [-0.05, 0) is 107 Å². The lowest BCUT2D eigenvalue weighted by molar-refractivity contribution is 0.0963. The molecule has 0 bridgehead atoms. The van der Waals surface area contributed by atoms with Crippen molar-refractivity contribution in [1.82, 2.24) is 41.5 Å². The molecule has 1 amide bonds. The maximum absolute atomic E-state index is 12.7. The van der Waals surface area contributed by atoms with Crippen molar-refractivity contribution < 1.29 is 4.79 Å². The van der Waals surface area contributed by atoms with Gasteiger partial charge in [-0.2, -0.15) is 5.26 Å². The molecule has 3 aromatic rings. The Balaban J connectivity index is 1.31. The first-order chi connectivity index (χ1) is 21.3. The second-order valence-corrected chi connectivity index (χ2v) is 12.9. The number of rotatable bonds is 10. The van der Waals surface area contributed by atoms with Crippen LogP contribution in [0.1, 0.15) is 76.1 Å². The highest BCUT2D eigenvalue weighted by Crippen LogP contribution is 2.54. The van der Waals surface area contributed by atoms with E-state index in [1.807, 2.05) is 19.2 Å². The standard InChI is InChI=1S/C34H39N9O/c1-20(43-27(17-35)15-26-16-30(26)43)18-38-33(11-12-33)19-34(32-39-41-42-40-32)28-9-7-22(21(2)36-3)13-23(28)5-6-24-14-25(31(44)37-4)8-10-29(24)34/h7-10,13-14,26-27,30,36,38H,1-2,5-6,11-12,15-16,18-19H2,3-4H3,(H,37,44)(H,39,40,41,42)/t26-,27?,30+,34?/m1/s1. The minimum Gasteiger partial charge on any atom is -0.388 e. The van der Waals surface area contributed by atoms with Gasteiger partial charge in [0, 0.05) is 49.2 Å². The van der Waals surface area contributed by atoms with E-state index >= 15 is 0 Å². The van der Waals surface area contributed by atoms with Gasteiger partial charge in [-0.1, -0.05) is 31.4 Å². The number of nitriles is 1. The van der Waals surface area contributed by atoms with Gasteiger partial charge in [-0.3, -0.25) is 4.79 Å². The fraction of sp³-hybridized carbons (Fsp3) is 0.441. The summed E-state index contributed by atoms with van der Waals surface area (Å²) in [5.74, 6) is 1.21. The summed E-state index contributed by atoms with van der Waals surface area (Å²) in [6.07, 6.45) is 6.43. The Hall–Kier alpha value is -4.49. The third-order valence-electron chi connectivity index (χ3n) is 10.4. The summed E-state index contributed by atoms with van der Waals surface area (Å²) in [6.45, 7) is 9.27. The zero-order valence-corrected chi connectivity index (χ0v) is 25.4. The molecular formula is C34H39N9O. The average molecular weight is 590 g/mol. The molecular weight excluding hydrogens is 550 g/mol. The first-order valence-electron chi connectivity index (χ1n) is 15.5. The number of carbonyl (C=O) groups is 1. The van der Waals surface area contributed by atoms with Crippen molar-refractivity contribution in [2.24, 2.45) is 5.92 Å². The molecule has 0 spiro atoms. The minimum absolute atomic E-state index is 0.0773. The van der Waals surface area contributed by atoms with Gasteiger partial charge >= 0.3 is 0 Å². The zero-order valence-electron chi connectivity index (χ0n) is 25.4. The van der Waals surface area contributed by atoms with Crippen molar-refractivity contribution in [2.75, 3.05) is 20.6 Å². The number of nitrogens with one attached hydrogen (secondary N) is 4. The molecule has 1 saturated heterocycles. The van der Waals surface area contributed by atoms with E-state index in [4.69, 9.17) is 0 Å². The summed E-state index contributed by atoms with van der Waals surface area (Å²) in [5.41, 5.74) is 7.26. The SMILES string of the molecule is C=C(NC)c1ccc2c(c1)CCc1cc(C(=O)NC)ccc1C2(CC1(NCC(=C)N2C(C#N)C[C@@H]3C[C@@H]32)CC1)c1nnn[nH]1. The number of aromatic nitrogens is 4.